The normalized spacial score (nSPS) is 10.3. The molecular formula is C10H15N3O3S. The molecule has 0 atom stereocenters. The van der Waals surface area contributed by atoms with Crippen LogP contribution in [0.1, 0.15) is 19.5 Å². The third-order valence-corrected chi connectivity index (χ3v) is 2.47. The van der Waals surface area contributed by atoms with Gasteiger partial charge in [-0.1, -0.05) is 13.8 Å². The summed E-state index contributed by atoms with van der Waals surface area (Å²) in [4.78, 5) is 26.0. The molecule has 0 spiro atoms. The van der Waals surface area contributed by atoms with Gasteiger partial charge in [0.05, 0.1) is 18.7 Å². The van der Waals surface area contributed by atoms with E-state index in [1.54, 1.807) is 5.38 Å². The Morgan fingerprint density at radius 1 is 1.59 bits per heavy atom. The lowest BCUT2D eigenvalue weighted by atomic mass is 10.2. The summed E-state index contributed by atoms with van der Waals surface area (Å²) in [5.74, 6) is -0.174. The number of anilines is 1. The molecular weight excluding hydrogens is 242 g/mol. The summed E-state index contributed by atoms with van der Waals surface area (Å²) in [7, 11) is 0. The van der Waals surface area contributed by atoms with Crippen molar-refractivity contribution in [3.63, 3.8) is 0 Å². The van der Waals surface area contributed by atoms with E-state index in [-0.39, 0.29) is 12.3 Å². The van der Waals surface area contributed by atoms with Gasteiger partial charge in [0, 0.05) is 5.38 Å². The zero-order valence-corrected chi connectivity index (χ0v) is 10.5. The van der Waals surface area contributed by atoms with Gasteiger partial charge >= 0.3 is 6.09 Å². The predicted molar refractivity (Wildman–Crippen MR) is 64.8 cm³/mol. The zero-order chi connectivity index (χ0) is 12.8. The Morgan fingerprint density at radius 3 is 2.88 bits per heavy atom. The van der Waals surface area contributed by atoms with Gasteiger partial charge in [0.1, 0.15) is 0 Å². The van der Waals surface area contributed by atoms with E-state index in [1.165, 1.54) is 11.3 Å². The van der Waals surface area contributed by atoms with Crippen LogP contribution in [0.2, 0.25) is 0 Å². The number of amides is 2. The van der Waals surface area contributed by atoms with Crippen LogP contribution in [0.25, 0.3) is 0 Å². The summed E-state index contributed by atoms with van der Waals surface area (Å²) >= 11 is 1.22. The van der Waals surface area contributed by atoms with E-state index in [2.05, 4.69) is 10.3 Å². The Hall–Kier alpha value is -1.63. The van der Waals surface area contributed by atoms with Crippen molar-refractivity contribution in [3.05, 3.63) is 11.1 Å². The molecule has 17 heavy (non-hydrogen) atoms. The van der Waals surface area contributed by atoms with Crippen LogP contribution in [0.15, 0.2) is 5.38 Å². The van der Waals surface area contributed by atoms with Crippen molar-refractivity contribution in [1.29, 1.82) is 0 Å². The number of hydrogen-bond acceptors (Lipinski definition) is 5. The average Bonchev–Trinajstić information content (AvgIpc) is 2.61. The Labute approximate surface area is 103 Å². The lowest BCUT2D eigenvalue weighted by molar-refractivity contribution is -0.117. The number of nitrogens with one attached hydrogen (secondary N) is 1. The number of aromatic nitrogens is 1. The molecule has 2 amide bonds. The molecule has 7 heteroatoms. The number of nitrogens with two attached hydrogens (primary N) is 1. The number of nitrogens with zero attached hydrogens (tertiary/aromatic N) is 1. The fourth-order valence-electron chi connectivity index (χ4n) is 0.990. The van der Waals surface area contributed by atoms with Gasteiger partial charge in [0.15, 0.2) is 5.13 Å². The van der Waals surface area contributed by atoms with E-state index < -0.39 is 12.0 Å². The van der Waals surface area contributed by atoms with Crippen molar-refractivity contribution in [2.45, 2.75) is 20.3 Å². The third-order valence-electron chi connectivity index (χ3n) is 1.66. The molecule has 0 saturated carbocycles. The van der Waals surface area contributed by atoms with Gasteiger partial charge in [-0.15, -0.1) is 11.3 Å². The van der Waals surface area contributed by atoms with Crippen LogP contribution >= 0.6 is 11.3 Å². The molecule has 0 saturated heterocycles. The van der Waals surface area contributed by atoms with E-state index in [9.17, 15) is 9.59 Å². The molecule has 1 rings (SSSR count). The second-order valence-corrected chi connectivity index (χ2v) is 4.76. The van der Waals surface area contributed by atoms with Crippen molar-refractivity contribution in [2.24, 2.45) is 11.7 Å². The molecule has 0 radical (unpaired) electrons. The molecule has 3 N–H and O–H groups in total. The molecule has 0 fully saturated rings. The van der Waals surface area contributed by atoms with Gasteiger partial charge in [-0.25, -0.2) is 9.78 Å². The number of primary amides is 1. The summed E-state index contributed by atoms with van der Waals surface area (Å²) in [6.45, 7) is 4.24. The Kier molecular flexibility index (Phi) is 4.89. The van der Waals surface area contributed by atoms with Crippen LogP contribution in [0.4, 0.5) is 9.93 Å². The maximum absolute atomic E-state index is 11.3. The van der Waals surface area contributed by atoms with Gasteiger partial charge in [0.2, 0.25) is 5.91 Å². The van der Waals surface area contributed by atoms with Crippen molar-refractivity contribution in [1.82, 2.24) is 4.98 Å². The molecule has 1 aromatic rings. The number of thiazole rings is 1. The lowest BCUT2D eigenvalue weighted by Crippen LogP contribution is -2.17. The van der Waals surface area contributed by atoms with Crippen LogP contribution in [0.5, 0.6) is 0 Å². The lowest BCUT2D eigenvalue weighted by Gasteiger charge is -2.06. The summed E-state index contributed by atoms with van der Waals surface area (Å²) in [5, 5.41) is 4.55. The van der Waals surface area contributed by atoms with E-state index >= 15 is 0 Å². The number of rotatable bonds is 5. The van der Waals surface area contributed by atoms with Crippen molar-refractivity contribution < 1.29 is 14.3 Å². The van der Waals surface area contributed by atoms with Crippen molar-refractivity contribution >= 4 is 28.5 Å². The number of hydrogen-bond donors (Lipinski definition) is 2. The van der Waals surface area contributed by atoms with Gasteiger partial charge in [-0.05, 0) is 5.92 Å². The molecule has 0 bridgehead atoms. The molecule has 0 aromatic carbocycles. The first-order valence-corrected chi connectivity index (χ1v) is 6.02. The molecule has 1 aromatic heterocycles. The van der Waals surface area contributed by atoms with Gasteiger partial charge < -0.3 is 10.5 Å². The fourth-order valence-corrected chi connectivity index (χ4v) is 1.69. The summed E-state index contributed by atoms with van der Waals surface area (Å²) < 4.78 is 4.92. The van der Waals surface area contributed by atoms with E-state index in [0.717, 1.165) is 0 Å². The molecule has 1 heterocycles. The van der Waals surface area contributed by atoms with Crippen molar-refractivity contribution in [2.75, 3.05) is 11.9 Å². The van der Waals surface area contributed by atoms with E-state index in [0.29, 0.717) is 17.4 Å². The SMILES string of the molecule is CC(C)COC(=O)Nc1nc(CC(N)=O)cs1. The summed E-state index contributed by atoms with van der Waals surface area (Å²) in [6.07, 6.45) is -0.474. The maximum Gasteiger partial charge on any atom is 0.413 e. The number of carbonyl (C=O) groups is 2. The quantitative estimate of drug-likeness (QED) is 0.833. The minimum Gasteiger partial charge on any atom is -0.449 e. The fraction of sp³-hybridized carbons (Fsp3) is 0.500. The Balaban J connectivity index is 2.43. The van der Waals surface area contributed by atoms with E-state index in [4.69, 9.17) is 10.5 Å². The summed E-state index contributed by atoms with van der Waals surface area (Å²) in [6, 6.07) is 0. The van der Waals surface area contributed by atoms with Crippen LogP contribution in [0.3, 0.4) is 0 Å². The smallest absolute Gasteiger partial charge is 0.413 e. The second-order valence-electron chi connectivity index (χ2n) is 3.90. The highest BCUT2D eigenvalue weighted by Gasteiger charge is 2.09. The Bertz CT molecular complexity index is 403. The molecule has 0 aliphatic rings. The molecule has 0 unspecified atom stereocenters. The van der Waals surface area contributed by atoms with Gasteiger partial charge in [-0.3, -0.25) is 10.1 Å². The second kappa shape index (κ2) is 6.19. The number of carbonyl (C=O) groups excluding carboxylic acids is 2. The highest BCUT2D eigenvalue weighted by Crippen LogP contribution is 2.15. The van der Waals surface area contributed by atoms with Crippen LogP contribution in [-0.4, -0.2) is 23.6 Å². The highest BCUT2D eigenvalue weighted by molar-refractivity contribution is 7.13. The molecule has 6 nitrogen and oxygen atoms in total. The first-order chi connectivity index (χ1) is 7.97. The largest absolute Gasteiger partial charge is 0.449 e. The predicted octanol–water partition coefficient (Wildman–Crippen LogP) is 1.38. The van der Waals surface area contributed by atoms with Crippen molar-refractivity contribution in [3.8, 4) is 0 Å². The monoisotopic (exact) mass is 257 g/mol. The van der Waals surface area contributed by atoms with Gasteiger partial charge in [-0.2, -0.15) is 0 Å². The molecule has 0 aliphatic heterocycles. The first kappa shape index (κ1) is 13.4. The Morgan fingerprint density at radius 2 is 2.29 bits per heavy atom. The minimum atomic E-state index is -0.543. The van der Waals surface area contributed by atoms with E-state index in [1.807, 2.05) is 13.8 Å². The highest BCUT2D eigenvalue weighted by atomic mass is 32.1. The molecule has 0 aliphatic carbocycles. The zero-order valence-electron chi connectivity index (χ0n) is 9.73. The average molecular weight is 257 g/mol. The van der Waals surface area contributed by atoms with Gasteiger partial charge in [0.25, 0.3) is 0 Å². The minimum absolute atomic E-state index is 0.0687. The molecule has 94 valence electrons. The maximum atomic E-state index is 11.3. The first-order valence-electron chi connectivity index (χ1n) is 5.14. The van der Waals surface area contributed by atoms with Crippen LogP contribution < -0.4 is 11.1 Å². The summed E-state index contributed by atoms with van der Waals surface area (Å²) in [5.41, 5.74) is 5.57. The third kappa shape index (κ3) is 5.30. The standard InChI is InChI=1S/C10H15N3O3S/c1-6(2)4-16-10(15)13-9-12-7(5-17-9)3-8(11)14/h5-6H,3-4H2,1-2H3,(H2,11,14)(H,12,13,15). The van der Waals surface area contributed by atoms with Crippen LogP contribution in [0, 0.1) is 5.92 Å². The number of ether oxygens (including phenoxy) is 1. The van der Waals surface area contributed by atoms with Crippen LogP contribution in [-0.2, 0) is 16.0 Å². The topological polar surface area (TPSA) is 94.3 Å².